The molecule has 0 atom stereocenters. The smallest absolute Gasteiger partial charge is 0.356 e. The van der Waals surface area contributed by atoms with Crippen LogP contribution >= 0.6 is 23.2 Å². The molecule has 0 saturated heterocycles. The van der Waals surface area contributed by atoms with E-state index in [-0.39, 0.29) is 5.69 Å². The Kier molecular flexibility index (Phi) is 5.48. The zero-order valence-electron chi connectivity index (χ0n) is 14.1. The highest BCUT2D eigenvalue weighted by atomic mass is 35.5. The SMILES string of the molecule is COC(=O)c1ccc(Cn2nc(C(=O)O)cc2-c2ccc(Cl)c(Cl)c2)cc1. The monoisotopic (exact) mass is 404 g/mol. The molecule has 0 amide bonds. The number of aromatic nitrogens is 2. The van der Waals surface area contributed by atoms with Gasteiger partial charge >= 0.3 is 11.9 Å². The zero-order valence-corrected chi connectivity index (χ0v) is 15.7. The van der Waals surface area contributed by atoms with Gasteiger partial charge in [-0.05, 0) is 35.9 Å². The van der Waals surface area contributed by atoms with Gasteiger partial charge in [0.15, 0.2) is 5.69 Å². The Balaban J connectivity index is 1.98. The molecule has 138 valence electrons. The van der Waals surface area contributed by atoms with Gasteiger partial charge in [0, 0.05) is 5.56 Å². The Labute approximate surface area is 164 Å². The van der Waals surface area contributed by atoms with Crippen molar-refractivity contribution in [2.45, 2.75) is 6.54 Å². The highest BCUT2D eigenvalue weighted by molar-refractivity contribution is 6.42. The molecule has 8 heteroatoms. The number of hydrogen-bond donors (Lipinski definition) is 1. The second-order valence-electron chi connectivity index (χ2n) is 5.70. The lowest BCUT2D eigenvalue weighted by atomic mass is 10.1. The molecule has 0 saturated carbocycles. The lowest BCUT2D eigenvalue weighted by Gasteiger charge is -2.09. The van der Waals surface area contributed by atoms with Gasteiger partial charge in [-0.1, -0.05) is 41.4 Å². The lowest BCUT2D eigenvalue weighted by molar-refractivity contribution is 0.0599. The van der Waals surface area contributed by atoms with Gasteiger partial charge in [0.25, 0.3) is 0 Å². The Bertz CT molecular complexity index is 1010. The summed E-state index contributed by atoms with van der Waals surface area (Å²) in [4.78, 5) is 22.9. The molecule has 1 aromatic heterocycles. The quantitative estimate of drug-likeness (QED) is 0.637. The predicted octanol–water partition coefficient (Wildman–Crippen LogP) is 4.39. The average molecular weight is 405 g/mol. The molecule has 1 N–H and O–H groups in total. The van der Waals surface area contributed by atoms with Gasteiger partial charge in [-0.15, -0.1) is 0 Å². The fraction of sp³-hybridized carbons (Fsp3) is 0.105. The first kappa shape index (κ1) is 18.9. The van der Waals surface area contributed by atoms with Crippen LogP contribution in [0.4, 0.5) is 0 Å². The van der Waals surface area contributed by atoms with Gasteiger partial charge < -0.3 is 9.84 Å². The minimum Gasteiger partial charge on any atom is -0.476 e. The third-order valence-electron chi connectivity index (χ3n) is 3.92. The first-order valence-corrected chi connectivity index (χ1v) is 8.58. The summed E-state index contributed by atoms with van der Waals surface area (Å²) in [6.45, 7) is 0.310. The second-order valence-corrected chi connectivity index (χ2v) is 6.51. The molecule has 6 nitrogen and oxygen atoms in total. The van der Waals surface area contributed by atoms with E-state index in [2.05, 4.69) is 9.84 Å². The molecular weight excluding hydrogens is 391 g/mol. The number of carboxylic acids is 1. The summed E-state index contributed by atoms with van der Waals surface area (Å²) in [5.74, 6) is -1.55. The minimum absolute atomic E-state index is 0.0812. The van der Waals surface area contributed by atoms with Crippen LogP contribution < -0.4 is 0 Å². The van der Waals surface area contributed by atoms with E-state index in [1.54, 1.807) is 47.1 Å². The summed E-state index contributed by atoms with van der Waals surface area (Å²) >= 11 is 12.0. The average Bonchev–Trinajstić information content (AvgIpc) is 3.08. The van der Waals surface area contributed by atoms with E-state index in [1.165, 1.54) is 13.2 Å². The van der Waals surface area contributed by atoms with E-state index in [4.69, 9.17) is 23.2 Å². The number of benzene rings is 2. The molecule has 0 aliphatic rings. The highest BCUT2D eigenvalue weighted by Gasteiger charge is 2.16. The number of carbonyl (C=O) groups is 2. The molecule has 0 aliphatic carbocycles. The number of halogens is 2. The molecule has 0 spiro atoms. The van der Waals surface area contributed by atoms with Crippen molar-refractivity contribution in [1.29, 1.82) is 0 Å². The van der Waals surface area contributed by atoms with Crippen LogP contribution in [-0.4, -0.2) is 33.9 Å². The van der Waals surface area contributed by atoms with E-state index >= 15 is 0 Å². The third kappa shape index (κ3) is 4.13. The molecular formula is C19H14Cl2N2O4. The topological polar surface area (TPSA) is 81.4 Å². The summed E-state index contributed by atoms with van der Waals surface area (Å²) < 4.78 is 6.24. The number of aromatic carboxylic acids is 1. The van der Waals surface area contributed by atoms with Gasteiger partial charge in [0.05, 0.1) is 35.0 Å². The van der Waals surface area contributed by atoms with E-state index in [0.29, 0.717) is 33.4 Å². The molecule has 3 aromatic rings. The van der Waals surface area contributed by atoms with Crippen LogP contribution in [0.5, 0.6) is 0 Å². The first-order valence-electron chi connectivity index (χ1n) is 7.83. The van der Waals surface area contributed by atoms with Crippen molar-refractivity contribution < 1.29 is 19.4 Å². The summed E-state index contributed by atoms with van der Waals surface area (Å²) in [6, 6.07) is 13.3. The number of carboxylic acid groups (broad SMARTS) is 1. The number of rotatable bonds is 5. The molecule has 1 heterocycles. The van der Waals surface area contributed by atoms with E-state index in [0.717, 1.165) is 5.56 Å². The van der Waals surface area contributed by atoms with Gasteiger partial charge in [-0.2, -0.15) is 5.10 Å². The van der Waals surface area contributed by atoms with Crippen LogP contribution in [0.15, 0.2) is 48.5 Å². The Morgan fingerprint density at radius 3 is 2.37 bits per heavy atom. The van der Waals surface area contributed by atoms with Crippen molar-refractivity contribution >= 4 is 35.1 Å². The molecule has 3 rings (SSSR count). The molecule has 0 aliphatic heterocycles. The van der Waals surface area contributed by atoms with E-state index < -0.39 is 11.9 Å². The molecule has 27 heavy (non-hydrogen) atoms. The number of esters is 1. The van der Waals surface area contributed by atoms with Crippen LogP contribution in [0.25, 0.3) is 11.3 Å². The molecule has 0 fully saturated rings. The third-order valence-corrected chi connectivity index (χ3v) is 4.66. The van der Waals surface area contributed by atoms with Gasteiger partial charge in [-0.3, -0.25) is 4.68 Å². The lowest BCUT2D eigenvalue weighted by Crippen LogP contribution is -2.07. The van der Waals surface area contributed by atoms with Crippen LogP contribution in [0.3, 0.4) is 0 Å². The van der Waals surface area contributed by atoms with Crippen LogP contribution in [-0.2, 0) is 11.3 Å². The number of hydrogen-bond acceptors (Lipinski definition) is 4. The normalized spacial score (nSPS) is 10.6. The standard InChI is InChI=1S/C19H14Cl2N2O4/c1-27-19(26)12-4-2-11(3-5-12)10-23-17(9-16(22-23)18(24)25)13-6-7-14(20)15(21)8-13/h2-9H,10H2,1H3,(H,24,25). The number of ether oxygens (including phenoxy) is 1. The maximum atomic E-state index is 11.5. The fourth-order valence-corrected chi connectivity index (χ4v) is 2.86. The van der Waals surface area contributed by atoms with Crippen LogP contribution in [0.1, 0.15) is 26.4 Å². The van der Waals surface area contributed by atoms with Crippen molar-refractivity contribution in [3.8, 4) is 11.3 Å². The van der Waals surface area contributed by atoms with Gasteiger partial charge in [-0.25, -0.2) is 9.59 Å². The predicted molar refractivity (Wildman–Crippen MR) is 102 cm³/mol. The van der Waals surface area contributed by atoms with E-state index in [1.807, 2.05) is 0 Å². The minimum atomic E-state index is -1.13. The molecule has 0 unspecified atom stereocenters. The largest absolute Gasteiger partial charge is 0.476 e. The number of carbonyl (C=O) groups excluding carboxylic acids is 1. The van der Waals surface area contributed by atoms with Crippen LogP contribution in [0, 0.1) is 0 Å². The molecule has 2 aromatic carbocycles. The van der Waals surface area contributed by atoms with Crippen molar-refractivity contribution in [3.63, 3.8) is 0 Å². The highest BCUT2D eigenvalue weighted by Crippen LogP contribution is 2.29. The summed E-state index contributed by atoms with van der Waals surface area (Å²) in [6.07, 6.45) is 0. The molecule has 0 bridgehead atoms. The van der Waals surface area contributed by atoms with Gasteiger partial charge in [0.1, 0.15) is 0 Å². The Morgan fingerprint density at radius 2 is 1.78 bits per heavy atom. The zero-order chi connectivity index (χ0) is 19.6. The second kappa shape index (κ2) is 7.82. The first-order chi connectivity index (χ1) is 12.9. The summed E-state index contributed by atoms with van der Waals surface area (Å²) in [5.41, 5.74) is 2.46. The van der Waals surface area contributed by atoms with E-state index in [9.17, 15) is 14.7 Å². The number of nitrogens with zero attached hydrogens (tertiary/aromatic N) is 2. The Morgan fingerprint density at radius 1 is 1.07 bits per heavy atom. The van der Waals surface area contributed by atoms with Crippen LogP contribution in [0.2, 0.25) is 10.0 Å². The number of methoxy groups -OCH3 is 1. The fourth-order valence-electron chi connectivity index (χ4n) is 2.57. The maximum absolute atomic E-state index is 11.5. The van der Waals surface area contributed by atoms with Crippen molar-refractivity contribution in [1.82, 2.24) is 9.78 Å². The van der Waals surface area contributed by atoms with Crippen molar-refractivity contribution in [2.75, 3.05) is 7.11 Å². The Hall–Kier alpha value is -2.83. The molecule has 0 radical (unpaired) electrons. The summed E-state index contributed by atoms with van der Waals surface area (Å²) in [7, 11) is 1.32. The van der Waals surface area contributed by atoms with Crippen molar-refractivity contribution in [2.24, 2.45) is 0 Å². The van der Waals surface area contributed by atoms with Gasteiger partial charge in [0.2, 0.25) is 0 Å². The maximum Gasteiger partial charge on any atom is 0.356 e. The summed E-state index contributed by atoms with van der Waals surface area (Å²) in [5, 5.41) is 14.2. The van der Waals surface area contributed by atoms with Crippen molar-refractivity contribution in [3.05, 3.63) is 75.4 Å².